The molecule has 2 aromatic carbocycles. The summed E-state index contributed by atoms with van der Waals surface area (Å²) in [7, 11) is 0. The van der Waals surface area contributed by atoms with Crippen LogP contribution in [0.5, 0.6) is 5.75 Å². The highest BCUT2D eigenvalue weighted by atomic mass is 35.5. The highest BCUT2D eigenvalue weighted by Gasteiger charge is 2.18. The molecule has 0 fully saturated rings. The molecule has 0 aliphatic carbocycles. The second-order valence-electron chi connectivity index (χ2n) is 6.22. The van der Waals surface area contributed by atoms with Crippen molar-refractivity contribution in [3.8, 4) is 5.75 Å². The van der Waals surface area contributed by atoms with Gasteiger partial charge in [0, 0.05) is 17.1 Å². The third-order valence-electron chi connectivity index (χ3n) is 4.44. The van der Waals surface area contributed by atoms with Crippen LogP contribution in [0.15, 0.2) is 52.8 Å². The van der Waals surface area contributed by atoms with Crippen LogP contribution >= 0.6 is 11.6 Å². The van der Waals surface area contributed by atoms with Gasteiger partial charge in [0.05, 0.1) is 16.5 Å². The summed E-state index contributed by atoms with van der Waals surface area (Å²) in [4.78, 5) is 29.6. The Morgan fingerprint density at radius 2 is 2.11 bits per heavy atom. The van der Waals surface area contributed by atoms with E-state index in [4.69, 9.17) is 16.3 Å². The number of para-hydroxylation sites is 1. The van der Waals surface area contributed by atoms with Crippen LogP contribution in [-0.2, 0) is 11.3 Å². The van der Waals surface area contributed by atoms with Crippen molar-refractivity contribution in [1.29, 1.82) is 0 Å². The number of benzene rings is 2. The maximum absolute atomic E-state index is 12.6. The van der Waals surface area contributed by atoms with Crippen LogP contribution in [0, 0.1) is 0 Å². The first-order chi connectivity index (χ1) is 13.6. The summed E-state index contributed by atoms with van der Waals surface area (Å²) in [6.45, 7) is 2.38. The van der Waals surface area contributed by atoms with E-state index in [0.29, 0.717) is 33.8 Å². The number of hydrogen-bond donors (Lipinski definition) is 2. The number of carbonyl (C=O) groups is 1. The molecule has 1 aliphatic rings. The number of nitrogens with zero attached hydrogens (tertiary/aromatic N) is 2. The van der Waals surface area contributed by atoms with Gasteiger partial charge in [0.25, 0.3) is 11.5 Å². The first kappa shape index (κ1) is 18.1. The molecule has 1 aromatic heterocycles. The Kier molecular flexibility index (Phi) is 4.75. The number of amides is 1. The van der Waals surface area contributed by atoms with Gasteiger partial charge in [-0.15, -0.1) is 0 Å². The number of fused-ring (bicyclic) bond motifs is 2. The largest absolute Gasteiger partial charge is 0.488 e. The Bertz CT molecular complexity index is 1170. The molecule has 2 N–H and O–H groups in total. The fourth-order valence-electron chi connectivity index (χ4n) is 3.03. The first-order valence-electron chi connectivity index (χ1n) is 8.75. The lowest BCUT2D eigenvalue weighted by molar-refractivity contribution is -0.117. The summed E-state index contributed by atoms with van der Waals surface area (Å²) in [6, 6.07) is 12.3. The van der Waals surface area contributed by atoms with Gasteiger partial charge in [-0.3, -0.25) is 25.0 Å². The maximum atomic E-state index is 12.6. The lowest BCUT2D eigenvalue weighted by Gasteiger charge is -2.19. The quantitative estimate of drug-likeness (QED) is 0.662. The number of hydrazine groups is 1. The summed E-state index contributed by atoms with van der Waals surface area (Å²) in [5.74, 6) is 0.556. The van der Waals surface area contributed by atoms with E-state index in [-0.39, 0.29) is 24.0 Å². The maximum Gasteiger partial charge on any atom is 0.269 e. The van der Waals surface area contributed by atoms with E-state index < -0.39 is 0 Å². The van der Waals surface area contributed by atoms with Gasteiger partial charge in [0.2, 0.25) is 5.95 Å². The number of rotatable bonds is 4. The van der Waals surface area contributed by atoms with Gasteiger partial charge in [-0.2, -0.15) is 0 Å². The zero-order valence-electron chi connectivity index (χ0n) is 15.0. The van der Waals surface area contributed by atoms with Crippen molar-refractivity contribution in [3.05, 3.63) is 69.0 Å². The van der Waals surface area contributed by atoms with E-state index in [1.807, 2.05) is 6.92 Å². The minimum atomic E-state index is -0.379. The van der Waals surface area contributed by atoms with Gasteiger partial charge in [-0.1, -0.05) is 23.7 Å². The minimum absolute atomic E-state index is 0.133. The Morgan fingerprint density at radius 3 is 2.93 bits per heavy atom. The molecule has 7 nitrogen and oxygen atoms in total. The van der Waals surface area contributed by atoms with Crippen LogP contribution in [-0.4, -0.2) is 22.1 Å². The van der Waals surface area contributed by atoms with Crippen LogP contribution in [0.2, 0.25) is 5.02 Å². The molecule has 3 aromatic rings. The van der Waals surface area contributed by atoms with Crippen LogP contribution in [0.4, 0.5) is 5.95 Å². The lowest BCUT2D eigenvalue weighted by Crippen LogP contribution is -2.36. The average molecular weight is 397 g/mol. The summed E-state index contributed by atoms with van der Waals surface area (Å²) in [5.41, 5.74) is 6.89. The number of anilines is 1. The highest BCUT2D eigenvalue weighted by molar-refractivity contribution is 6.30. The normalized spacial score (nSPS) is 12.7. The molecular formula is C20H17ClN4O3. The summed E-state index contributed by atoms with van der Waals surface area (Å²) < 4.78 is 7.06. The minimum Gasteiger partial charge on any atom is -0.488 e. The van der Waals surface area contributed by atoms with Gasteiger partial charge < -0.3 is 4.74 Å². The molecular weight excluding hydrogens is 380 g/mol. The third kappa shape index (κ3) is 3.32. The molecule has 0 unspecified atom stereocenters. The van der Waals surface area contributed by atoms with Crippen LogP contribution in [0.1, 0.15) is 12.5 Å². The van der Waals surface area contributed by atoms with Gasteiger partial charge in [-0.25, -0.2) is 4.98 Å². The molecule has 142 valence electrons. The third-order valence-corrected chi connectivity index (χ3v) is 4.68. The van der Waals surface area contributed by atoms with Crippen molar-refractivity contribution in [3.63, 3.8) is 0 Å². The summed E-state index contributed by atoms with van der Waals surface area (Å²) in [5, 5.41) is 1.09. The smallest absolute Gasteiger partial charge is 0.269 e. The molecule has 0 saturated heterocycles. The van der Waals surface area contributed by atoms with Crippen LogP contribution in [0.3, 0.4) is 0 Å². The number of ether oxygens (including phenoxy) is 1. The first-order valence-corrected chi connectivity index (χ1v) is 9.13. The average Bonchev–Trinajstić information content (AvgIpc) is 2.71. The monoisotopic (exact) mass is 396 g/mol. The standard InChI is InChI=1S/C20H17ClN4O3/c1-2-25-19(27)15-5-3-4-6-16(15)22-20(25)24-23-18(26)13-9-12-10-14(21)7-8-17(12)28-11-13/h3-10H,2,11H2,1H3,(H,22,24)(H,23,26). The fourth-order valence-corrected chi connectivity index (χ4v) is 3.21. The molecule has 0 spiro atoms. The number of carbonyl (C=O) groups excluding carboxylic acids is 1. The Balaban J connectivity index is 1.58. The van der Waals surface area contributed by atoms with Crippen molar-refractivity contribution >= 4 is 40.4 Å². The predicted octanol–water partition coefficient (Wildman–Crippen LogP) is 2.99. The SMILES string of the molecule is CCn1c(NNC(=O)C2=Cc3cc(Cl)ccc3OC2)nc2ccccc2c1=O. The molecule has 8 heteroatoms. The second kappa shape index (κ2) is 7.36. The molecule has 4 rings (SSSR count). The molecule has 0 radical (unpaired) electrons. The zero-order chi connectivity index (χ0) is 19.7. The predicted molar refractivity (Wildman–Crippen MR) is 108 cm³/mol. The van der Waals surface area contributed by atoms with E-state index in [1.54, 1.807) is 48.5 Å². The molecule has 2 heterocycles. The van der Waals surface area contributed by atoms with E-state index in [9.17, 15) is 9.59 Å². The van der Waals surface area contributed by atoms with Gasteiger partial charge >= 0.3 is 0 Å². The van der Waals surface area contributed by atoms with Gasteiger partial charge in [0.15, 0.2) is 0 Å². The van der Waals surface area contributed by atoms with Crippen molar-refractivity contribution in [2.24, 2.45) is 0 Å². The van der Waals surface area contributed by atoms with E-state index in [2.05, 4.69) is 15.8 Å². The Hall–Kier alpha value is -3.32. The topological polar surface area (TPSA) is 85.2 Å². The van der Waals surface area contributed by atoms with Crippen molar-refractivity contribution in [2.45, 2.75) is 13.5 Å². The van der Waals surface area contributed by atoms with Crippen molar-refractivity contribution in [1.82, 2.24) is 15.0 Å². The van der Waals surface area contributed by atoms with Crippen LogP contribution in [0.25, 0.3) is 17.0 Å². The summed E-state index contributed by atoms with van der Waals surface area (Å²) >= 11 is 6.00. The Morgan fingerprint density at radius 1 is 1.29 bits per heavy atom. The van der Waals surface area contributed by atoms with Crippen molar-refractivity contribution < 1.29 is 9.53 Å². The van der Waals surface area contributed by atoms with E-state index >= 15 is 0 Å². The van der Waals surface area contributed by atoms with Crippen LogP contribution < -0.4 is 21.1 Å². The van der Waals surface area contributed by atoms with E-state index in [0.717, 1.165) is 5.56 Å². The van der Waals surface area contributed by atoms with Crippen molar-refractivity contribution in [2.75, 3.05) is 12.0 Å². The lowest BCUT2D eigenvalue weighted by atomic mass is 10.1. The van der Waals surface area contributed by atoms with Gasteiger partial charge in [0.1, 0.15) is 12.4 Å². The van der Waals surface area contributed by atoms with Gasteiger partial charge in [-0.05, 0) is 43.3 Å². The number of nitrogens with one attached hydrogen (secondary N) is 2. The highest BCUT2D eigenvalue weighted by Crippen LogP contribution is 2.28. The van der Waals surface area contributed by atoms with E-state index in [1.165, 1.54) is 4.57 Å². The fraction of sp³-hybridized carbons (Fsp3) is 0.150. The molecule has 0 bridgehead atoms. The molecule has 0 saturated carbocycles. The number of halogens is 1. The molecule has 0 atom stereocenters. The molecule has 28 heavy (non-hydrogen) atoms. The molecule has 1 amide bonds. The zero-order valence-corrected chi connectivity index (χ0v) is 15.8. The molecule has 1 aliphatic heterocycles. The second-order valence-corrected chi connectivity index (χ2v) is 6.66. The Labute approximate surface area is 165 Å². The summed E-state index contributed by atoms with van der Waals surface area (Å²) in [6.07, 6.45) is 1.72. The number of hydrogen-bond acceptors (Lipinski definition) is 5. The number of aromatic nitrogens is 2.